The molecule has 0 N–H and O–H groups in total. The predicted molar refractivity (Wildman–Crippen MR) is 173 cm³/mol. The Kier molecular flexibility index (Phi) is 8.85. The Hall–Kier alpha value is -4.54. The second-order valence-corrected chi connectivity index (χ2v) is 13.9. The van der Waals surface area contributed by atoms with Gasteiger partial charge in [0.15, 0.2) is 0 Å². The molecule has 5 rings (SSSR count). The average molecular weight is 629 g/mol. The summed E-state index contributed by atoms with van der Waals surface area (Å²) >= 11 is 0. The number of hydrogen-bond donors (Lipinski definition) is 0. The summed E-state index contributed by atoms with van der Waals surface area (Å²) in [7, 11) is -8.66. The number of anilines is 2. The fraction of sp³-hybridized carbons (Fsp3) is 0.176. The van der Waals surface area contributed by atoms with Gasteiger partial charge in [-0.2, -0.15) is 0 Å². The fourth-order valence-corrected chi connectivity index (χ4v) is 8.03. The molecule has 0 atom stereocenters. The van der Waals surface area contributed by atoms with Gasteiger partial charge in [-0.1, -0.05) is 74.5 Å². The monoisotopic (exact) mass is 628 g/mol. The van der Waals surface area contributed by atoms with Gasteiger partial charge in [-0.25, -0.2) is 25.4 Å². The minimum absolute atomic E-state index is 0.0218. The predicted octanol–water partition coefficient (Wildman–Crippen LogP) is 7.04. The molecule has 0 aliphatic heterocycles. The van der Waals surface area contributed by atoms with Crippen LogP contribution in [0, 0.1) is 0 Å². The lowest BCUT2D eigenvalue weighted by atomic mass is 10.1. The van der Waals surface area contributed by atoms with Crippen LogP contribution in [-0.4, -0.2) is 28.6 Å². The highest BCUT2D eigenvalue weighted by atomic mass is 32.2. The smallest absolute Gasteiger partial charge is 0.270 e. The molecule has 0 spiro atoms. The van der Waals surface area contributed by atoms with Gasteiger partial charge < -0.3 is 0 Å². The first kappa shape index (κ1) is 30.9. The Morgan fingerprint density at radius 2 is 0.841 bits per heavy atom. The second kappa shape index (κ2) is 12.6. The van der Waals surface area contributed by atoms with Crippen LogP contribution in [0.2, 0.25) is 0 Å². The fourth-order valence-electron chi connectivity index (χ4n) is 5.05. The van der Waals surface area contributed by atoms with Gasteiger partial charge in [0, 0.05) is 12.8 Å². The van der Waals surface area contributed by atoms with Gasteiger partial charge in [0.1, 0.15) is 0 Å². The largest absolute Gasteiger partial charge is 0.273 e. The van der Waals surface area contributed by atoms with Crippen molar-refractivity contribution in [3.8, 4) is 0 Å². The zero-order valence-corrected chi connectivity index (χ0v) is 26.0. The number of nitrogens with zero attached hydrogens (tertiary/aromatic N) is 2. The van der Waals surface area contributed by atoms with Crippen LogP contribution in [0.15, 0.2) is 119 Å². The van der Waals surface area contributed by atoms with E-state index in [4.69, 9.17) is 0 Å². The standard InChI is InChI=1S/C34H32N2O6S2/c1-3-9-33(37)35(43(39,40)31-21-15-25-11-5-7-13-27(25)23-31)29-17-19-30(20-18-29)36(34(38)10-4-2)44(41,42)32-22-16-26-12-6-8-14-28(26)24-32/h5-8,11-24H,3-4,9-10H2,1-2H3. The van der Waals surface area contributed by atoms with Gasteiger partial charge in [-0.3, -0.25) is 9.59 Å². The highest BCUT2D eigenvalue weighted by Gasteiger charge is 2.33. The number of sulfonamides is 2. The number of carbonyl (C=O) groups is 2. The lowest BCUT2D eigenvalue weighted by Crippen LogP contribution is -2.38. The molecule has 0 bridgehead atoms. The lowest BCUT2D eigenvalue weighted by molar-refractivity contribution is -0.118. The minimum Gasteiger partial charge on any atom is -0.273 e. The molecule has 226 valence electrons. The molecule has 0 aromatic heterocycles. The van der Waals surface area contributed by atoms with E-state index >= 15 is 0 Å². The van der Waals surface area contributed by atoms with Crippen molar-refractivity contribution >= 4 is 64.8 Å². The number of fused-ring (bicyclic) bond motifs is 2. The summed E-state index contributed by atoms with van der Waals surface area (Å²) in [6, 6.07) is 29.3. The summed E-state index contributed by atoms with van der Waals surface area (Å²) in [6.45, 7) is 3.55. The van der Waals surface area contributed by atoms with Crippen molar-refractivity contribution in [1.29, 1.82) is 0 Å². The van der Waals surface area contributed by atoms with Crippen molar-refractivity contribution in [3.63, 3.8) is 0 Å². The number of hydrogen-bond acceptors (Lipinski definition) is 6. The first-order valence-corrected chi connectivity index (χ1v) is 17.2. The van der Waals surface area contributed by atoms with Crippen molar-refractivity contribution < 1.29 is 26.4 Å². The van der Waals surface area contributed by atoms with Gasteiger partial charge in [0.05, 0.1) is 21.2 Å². The van der Waals surface area contributed by atoms with Crippen LogP contribution in [-0.2, 0) is 29.6 Å². The second-order valence-electron chi connectivity index (χ2n) is 10.4. The zero-order chi connectivity index (χ0) is 31.5. The molecule has 8 nitrogen and oxygen atoms in total. The molecular formula is C34H32N2O6S2. The number of amides is 2. The van der Waals surface area contributed by atoms with Gasteiger partial charge in [-0.05, 0) is 82.9 Å². The molecule has 10 heteroatoms. The number of benzene rings is 5. The molecule has 0 heterocycles. The minimum atomic E-state index is -4.33. The van der Waals surface area contributed by atoms with Gasteiger partial charge in [0.25, 0.3) is 20.0 Å². The summed E-state index contributed by atoms with van der Waals surface area (Å²) in [5, 5.41) is 3.12. The van der Waals surface area contributed by atoms with Crippen molar-refractivity contribution in [2.75, 3.05) is 8.61 Å². The van der Waals surface area contributed by atoms with Crippen LogP contribution < -0.4 is 8.61 Å². The van der Waals surface area contributed by atoms with Crippen LogP contribution in [0.1, 0.15) is 39.5 Å². The zero-order valence-electron chi connectivity index (χ0n) is 24.4. The highest BCUT2D eigenvalue weighted by molar-refractivity contribution is 7.94. The average Bonchev–Trinajstić information content (AvgIpc) is 3.01. The summed E-state index contributed by atoms with van der Waals surface area (Å²) in [5.74, 6) is -1.26. The maximum absolute atomic E-state index is 13.9. The summed E-state index contributed by atoms with van der Waals surface area (Å²) < 4.78 is 57.1. The third kappa shape index (κ3) is 5.95. The summed E-state index contributed by atoms with van der Waals surface area (Å²) in [5.41, 5.74) is 0.0673. The van der Waals surface area contributed by atoms with E-state index < -0.39 is 31.9 Å². The first-order chi connectivity index (χ1) is 21.1. The molecule has 5 aromatic rings. The summed E-state index contributed by atoms with van der Waals surface area (Å²) in [4.78, 5) is 26.4. The van der Waals surface area contributed by atoms with E-state index in [-0.39, 0.29) is 34.0 Å². The van der Waals surface area contributed by atoms with Crippen LogP contribution in [0.5, 0.6) is 0 Å². The Bertz CT molecular complexity index is 1920. The van der Waals surface area contributed by atoms with E-state index in [1.54, 1.807) is 50.2 Å². The lowest BCUT2D eigenvalue weighted by Gasteiger charge is -2.25. The Balaban J connectivity index is 1.57. The SMILES string of the molecule is CCCC(=O)N(c1ccc(N(C(=O)CCC)S(=O)(=O)c2ccc3ccccc3c2)cc1)S(=O)(=O)c1ccc2ccccc2c1. The van der Waals surface area contributed by atoms with E-state index in [0.717, 1.165) is 19.4 Å². The number of carbonyl (C=O) groups excluding carboxylic acids is 2. The molecule has 0 saturated carbocycles. The maximum Gasteiger partial charge on any atom is 0.270 e. The molecule has 2 amide bonds. The van der Waals surface area contributed by atoms with E-state index in [1.807, 2.05) is 24.3 Å². The van der Waals surface area contributed by atoms with Crippen molar-refractivity contribution in [1.82, 2.24) is 0 Å². The Morgan fingerprint density at radius 1 is 0.500 bits per heavy atom. The third-order valence-corrected chi connectivity index (χ3v) is 10.7. The first-order valence-electron chi connectivity index (χ1n) is 14.3. The van der Waals surface area contributed by atoms with Crippen LogP contribution >= 0.6 is 0 Å². The Morgan fingerprint density at radius 3 is 1.18 bits per heavy atom. The quantitative estimate of drug-likeness (QED) is 0.164. The van der Waals surface area contributed by atoms with E-state index in [2.05, 4.69) is 0 Å². The van der Waals surface area contributed by atoms with E-state index in [9.17, 15) is 26.4 Å². The van der Waals surface area contributed by atoms with Crippen molar-refractivity contribution in [2.45, 2.75) is 49.3 Å². The molecular weight excluding hydrogens is 597 g/mol. The molecule has 0 unspecified atom stereocenters. The third-order valence-electron chi connectivity index (χ3n) is 7.22. The molecule has 5 aromatic carbocycles. The van der Waals surface area contributed by atoms with Crippen LogP contribution in [0.4, 0.5) is 11.4 Å². The van der Waals surface area contributed by atoms with Crippen molar-refractivity contribution in [3.05, 3.63) is 109 Å². The van der Waals surface area contributed by atoms with E-state index in [0.29, 0.717) is 23.6 Å². The number of rotatable bonds is 10. The molecule has 0 aliphatic carbocycles. The molecule has 0 fully saturated rings. The van der Waals surface area contributed by atoms with Crippen molar-refractivity contribution in [2.24, 2.45) is 0 Å². The molecule has 0 saturated heterocycles. The van der Waals surface area contributed by atoms with Gasteiger partial charge >= 0.3 is 0 Å². The van der Waals surface area contributed by atoms with E-state index in [1.165, 1.54) is 48.5 Å². The summed E-state index contributed by atoms with van der Waals surface area (Å²) in [6.07, 6.45) is 0.798. The highest BCUT2D eigenvalue weighted by Crippen LogP contribution is 2.32. The van der Waals surface area contributed by atoms with Crippen LogP contribution in [0.3, 0.4) is 0 Å². The molecule has 44 heavy (non-hydrogen) atoms. The molecule has 0 aliphatic rings. The van der Waals surface area contributed by atoms with Gasteiger partial charge in [-0.15, -0.1) is 0 Å². The normalized spacial score (nSPS) is 11.9. The van der Waals surface area contributed by atoms with Gasteiger partial charge in [0.2, 0.25) is 11.8 Å². The van der Waals surface area contributed by atoms with Crippen LogP contribution in [0.25, 0.3) is 21.5 Å². The topological polar surface area (TPSA) is 109 Å². The maximum atomic E-state index is 13.9. The molecule has 0 radical (unpaired) electrons. The Labute approximate surface area is 257 Å².